The summed E-state index contributed by atoms with van der Waals surface area (Å²) in [5.41, 5.74) is 0.297. The molecule has 3 rings (SSSR count). The molecular weight excluding hydrogens is 359 g/mol. The molecule has 0 spiro atoms. The van der Waals surface area contributed by atoms with Crippen LogP contribution in [0.2, 0.25) is 0 Å². The molecule has 1 aliphatic heterocycles. The fraction of sp³-hybridized carbons (Fsp3) is 0.278. The van der Waals surface area contributed by atoms with E-state index in [1.165, 1.54) is 25.3 Å². The minimum atomic E-state index is -0.473. The normalized spacial score (nSPS) is 14.2. The van der Waals surface area contributed by atoms with Crippen molar-refractivity contribution in [3.8, 4) is 0 Å². The highest BCUT2D eigenvalue weighted by Crippen LogP contribution is 2.20. The molecule has 2 amide bonds. The molecule has 1 aromatic carbocycles. The summed E-state index contributed by atoms with van der Waals surface area (Å²) >= 11 is 1.08. The largest absolute Gasteiger partial charge is 0.465 e. The summed E-state index contributed by atoms with van der Waals surface area (Å²) in [7, 11) is 1.29. The Morgan fingerprint density at radius 3 is 2.19 bits per heavy atom. The van der Waals surface area contributed by atoms with E-state index in [1.54, 1.807) is 28.0 Å². The van der Waals surface area contributed by atoms with E-state index in [0.29, 0.717) is 41.5 Å². The predicted molar refractivity (Wildman–Crippen MR) is 93.9 cm³/mol. The van der Waals surface area contributed by atoms with Gasteiger partial charge in [-0.3, -0.25) is 9.59 Å². The van der Waals surface area contributed by atoms with E-state index in [9.17, 15) is 18.8 Å². The molecule has 0 atom stereocenters. The molecule has 0 bridgehead atoms. The van der Waals surface area contributed by atoms with Crippen LogP contribution in [0.4, 0.5) is 4.39 Å². The second kappa shape index (κ2) is 7.65. The van der Waals surface area contributed by atoms with Crippen molar-refractivity contribution >= 4 is 29.1 Å². The van der Waals surface area contributed by atoms with Gasteiger partial charge in [-0.15, -0.1) is 11.3 Å². The van der Waals surface area contributed by atoms with Crippen LogP contribution in [0.5, 0.6) is 0 Å². The number of methoxy groups -OCH3 is 1. The zero-order chi connectivity index (χ0) is 18.7. The van der Waals surface area contributed by atoms with Gasteiger partial charge in [-0.1, -0.05) is 6.07 Å². The molecule has 0 aliphatic carbocycles. The van der Waals surface area contributed by atoms with Gasteiger partial charge in [-0.05, 0) is 30.3 Å². The summed E-state index contributed by atoms with van der Waals surface area (Å²) in [5.74, 6) is -1.35. The summed E-state index contributed by atoms with van der Waals surface area (Å²) in [6.45, 7) is 1.50. The number of amides is 2. The maximum atomic E-state index is 13.3. The quantitative estimate of drug-likeness (QED) is 0.771. The number of ether oxygens (including phenoxy) is 1. The number of piperazine rings is 1. The minimum Gasteiger partial charge on any atom is -0.465 e. The lowest BCUT2D eigenvalue weighted by molar-refractivity contribution is 0.0538. The average Bonchev–Trinajstić information content (AvgIpc) is 3.16. The SMILES string of the molecule is COC(=O)c1ccc(C(=O)N2CCN(C(=O)c3cccc(F)c3)CC2)s1. The number of halogens is 1. The van der Waals surface area contributed by atoms with Gasteiger partial charge in [0.15, 0.2) is 0 Å². The molecule has 2 aromatic rings. The highest BCUT2D eigenvalue weighted by Gasteiger charge is 2.26. The highest BCUT2D eigenvalue weighted by molar-refractivity contribution is 7.15. The number of esters is 1. The molecule has 1 fully saturated rings. The molecule has 26 heavy (non-hydrogen) atoms. The lowest BCUT2D eigenvalue weighted by Crippen LogP contribution is -2.50. The van der Waals surface area contributed by atoms with E-state index >= 15 is 0 Å². The topological polar surface area (TPSA) is 66.9 Å². The van der Waals surface area contributed by atoms with Crippen LogP contribution in [0.15, 0.2) is 36.4 Å². The van der Waals surface area contributed by atoms with Crippen LogP contribution in [0, 0.1) is 5.82 Å². The predicted octanol–water partition coefficient (Wildman–Crippen LogP) is 2.27. The summed E-state index contributed by atoms with van der Waals surface area (Å²) < 4.78 is 17.9. The lowest BCUT2D eigenvalue weighted by atomic mass is 10.1. The maximum Gasteiger partial charge on any atom is 0.348 e. The zero-order valence-corrected chi connectivity index (χ0v) is 14.9. The first kappa shape index (κ1) is 18.1. The van der Waals surface area contributed by atoms with Gasteiger partial charge in [-0.2, -0.15) is 0 Å². The molecule has 2 heterocycles. The summed E-state index contributed by atoms with van der Waals surface area (Å²) in [5, 5.41) is 0. The number of nitrogens with zero attached hydrogens (tertiary/aromatic N) is 2. The molecule has 0 unspecified atom stereocenters. The van der Waals surface area contributed by atoms with Gasteiger partial charge >= 0.3 is 5.97 Å². The van der Waals surface area contributed by atoms with Crippen molar-refractivity contribution in [2.45, 2.75) is 0 Å². The van der Waals surface area contributed by atoms with Crippen molar-refractivity contribution < 1.29 is 23.5 Å². The third-order valence-electron chi connectivity index (χ3n) is 4.13. The number of rotatable bonds is 3. The van der Waals surface area contributed by atoms with E-state index in [1.807, 2.05) is 0 Å². The number of hydrogen-bond acceptors (Lipinski definition) is 5. The maximum absolute atomic E-state index is 13.3. The van der Waals surface area contributed by atoms with Crippen molar-refractivity contribution in [1.29, 1.82) is 0 Å². The van der Waals surface area contributed by atoms with Crippen molar-refractivity contribution in [1.82, 2.24) is 9.80 Å². The summed E-state index contributed by atoms with van der Waals surface area (Å²) in [6, 6.07) is 8.73. The first-order valence-electron chi connectivity index (χ1n) is 8.02. The Morgan fingerprint density at radius 1 is 0.962 bits per heavy atom. The van der Waals surface area contributed by atoms with E-state index in [0.717, 1.165) is 11.3 Å². The van der Waals surface area contributed by atoms with Crippen molar-refractivity contribution in [2.24, 2.45) is 0 Å². The Bertz CT molecular complexity index is 843. The van der Waals surface area contributed by atoms with Crippen molar-refractivity contribution in [3.05, 3.63) is 57.5 Å². The van der Waals surface area contributed by atoms with Crippen LogP contribution in [-0.2, 0) is 4.74 Å². The lowest BCUT2D eigenvalue weighted by Gasteiger charge is -2.34. The first-order valence-corrected chi connectivity index (χ1v) is 8.83. The van der Waals surface area contributed by atoms with E-state index in [2.05, 4.69) is 4.74 Å². The Morgan fingerprint density at radius 2 is 1.58 bits per heavy atom. The summed E-state index contributed by atoms with van der Waals surface area (Å²) in [6.07, 6.45) is 0. The second-order valence-electron chi connectivity index (χ2n) is 5.75. The summed E-state index contributed by atoms with van der Waals surface area (Å²) in [4.78, 5) is 40.5. The van der Waals surface area contributed by atoms with Crippen molar-refractivity contribution in [2.75, 3.05) is 33.3 Å². The van der Waals surface area contributed by atoms with Gasteiger partial charge in [0.05, 0.1) is 12.0 Å². The second-order valence-corrected chi connectivity index (χ2v) is 6.83. The van der Waals surface area contributed by atoms with E-state index < -0.39 is 11.8 Å². The molecular formula is C18H17FN2O4S. The van der Waals surface area contributed by atoms with Gasteiger partial charge < -0.3 is 14.5 Å². The van der Waals surface area contributed by atoms with Gasteiger partial charge in [0.25, 0.3) is 11.8 Å². The molecule has 1 aliphatic rings. The van der Waals surface area contributed by atoms with Crippen LogP contribution >= 0.6 is 11.3 Å². The number of carbonyl (C=O) groups is 3. The highest BCUT2D eigenvalue weighted by atomic mass is 32.1. The average molecular weight is 376 g/mol. The van der Waals surface area contributed by atoms with Gasteiger partial charge in [-0.25, -0.2) is 9.18 Å². The van der Waals surface area contributed by atoms with Crippen LogP contribution in [0.1, 0.15) is 29.7 Å². The fourth-order valence-corrected chi connectivity index (χ4v) is 3.63. The van der Waals surface area contributed by atoms with Gasteiger partial charge in [0, 0.05) is 31.7 Å². The molecule has 8 heteroatoms. The van der Waals surface area contributed by atoms with Gasteiger partial charge in [0.1, 0.15) is 10.7 Å². The molecule has 0 saturated carbocycles. The number of thiophene rings is 1. The number of hydrogen-bond donors (Lipinski definition) is 0. The molecule has 0 radical (unpaired) electrons. The van der Waals surface area contributed by atoms with Crippen LogP contribution in [-0.4, -0.2) is 60.9 Å². The first-order chi connectivity index (χ1) is 12.5. The monoisotopic (exact) mass is 376 g/mol. The molecule has 1 saturated heterocycles. The number of benzene rings is 1. The molecule has 1 aromatic heterocycles. The fourth-order valence-electron chi connectivity index (χ4n) is 2.74. The Labute approximate surface area is 153 Å². The Kier molecular flexibility index (Phi) is 5.32. The smallest absolute Gasteiger partial charge is 0.348 e. The Balaban J connectivity index is 1.61. The van der Waals surface area contributed by atoms with Crippen LogP contribution in [0.25, 0.3) is 0 Å². The van der Waals surface area contributed by atoms with E-state index in [4.69, 9.17) is 0 Å². The number of carbonyl (C=O) groups excluding carboxylic acids is 3. The standard InChI is InChI=1S/C18H17FN2O4S/c1-25-18(24)15-6-5-14(26-15)17(23)21-9-7-20(8-10-21)16(22)12-3-2-4-13(19)11-12/h2-6,11H,7-10H2,1H3. The molecule has 136 valence electrons. The zero-order valence-electron chi connectivity index (χ0n) is 14.1. The van der Waals surface area contributed by atoms with Gasteiger partial charge in [0.2, 0.25) is 0 Å². The minimum absolute atomic E-state index is 0.178. The Hall–Kier alpha value is -2.74. The van der Waals surface area contributed by atoms with E-state index in [-0.39, 0.29) is 11.8 Å². The van der Waals surface area contributed by atoms with Crippen molar-refractivity contribution in [3.63, 3.8) is 0 Å². The third kappa shape index (κ3) is 3.75. The molecule has 0 N–H and O–H groups in total. The third-order valence-corrected chi connectivity index (χ3v) is 5.18. The van der Waals surface area contributed by atoms with Crippen LogP contribution < -0.4 is 0 Å². The van der Waals surface area contributed by atoms with Crippen LogP contribution in [0.3, 0.4) is 0 Å². The molecule has 6 nitrogen and oxygen atoms in total.